The van der Waals surface area contributed by atoms with Crippen molar-refractivity contribution in [1.82, 2.24) is 15.5 Å². The number of nitrogens with one attached hydrogen (secondary N) is 1. The third-order valence-corrected chi connectivity index (χ3v) is 2.63. The maximum Gasteiger partial charge on any atom is 0.318 e. The summed E-state index contributed by atoms with van der Waals surface area (Å²) in [6, 6.07) is 1.01. The Kier molecular flexibility index (Phi) is 3.96. The van der Waals surface area contributed by atoms with E-state index >= 15 is 0 Å². The zero-order valence-electron chi connectivity index (χ0n) is 10.6. The highest BCUT2D eigenvalue weighted by molar-refractivity contribution is 5.24. The average Bonchev–Trinajstić information content (AvgIpc) is 2.75. The Balaban J connectivity index is 1.92. The third-order valence-electron chi connectivity index (χ3n) is 2.63. The minimum atomic E-state index is 0.216. The minimum absolute atomic E-state index is 0.216. The van der Waals surface area contributed by atoms with Crippen molar-refractivity contribution < 1.29 is 9.15 Å². The summed E-state index contributed by atoms with van der Waals surface area (Å²) in [5.74, 6) is 0.632. The van der Waals surface area contributed by atoms with Crippen LogP contribution in [0.2, 0.25) is 0 Å². The lowest BCUT2D eigenvalue weighted by Gasteiger charge is -2.29. The Morgan fingerprint density at radius 2 is 2.29 bits per heavy atom. The number of ether oxygens (including phenoxy) is 1. The number of hydrogen-bond acceptors (Lipinski definition) is 6. The molecule has 6 heteroatoms. The topological polar surface area (TPSA) is 63.4 Å². The van der Waals surface area contributed by atoms with E-state index < -0.39 is 0 Å². The van der Waals surface area contributed by atoms with Gasteiger partial charge in [-0.05, 0) is 6.92 Å². The van der Waals surface area contributed by atoms with Gasteiger partial charge in [-0.2, -0.15) is 0 Å². The van der Waals surface area contributed by atoms with Gasteiger partial charge in [0.1, 0.15) is 0 Å². The monoisotopic (exact) mass is 240 g/mol. The van der Waals surface area contributed by atoms with Gasteiger partial charge < -0.3 is 19.4 Å². The molecule has 1 aliphatic rings. The number of aromatic nitrogens is 2. The van der Waals surface area contributed by atoms with Gasteiger partial charge in [0.2, 0.25) is 5.89 Å². The fraction of sp³-hybridized carbons (Fsp3) is 0.818. The van der Waals surface area contributed by atoms with Gasteiger partial charge >= 0.3 is 6.01 Å². The van der Waals surface area contributed by atoms with E-state index in [4.69, 9.17) is 9.15 Å². The van der Waals surface area contributed by atoms with E-state index in [0.29, 0.717) is 31.1 Å². The van der Waals surface area contributed by atoms with Crippen LogP contribution in [0.25, 0.3) is 0 Å². The van der Waals surface area contributed by atoms with Crippen LogP contribution < -0.4 is 10.2 Å². The van der Waals surface area contributed by atoms with Crippen LogP contribution in [0.1, 0.15) is 26.7 Å². The molecule has 1 aromatic rings. The summed E-state index contributed by atoms with van der Waals surface area (Å²) in [7, 11) is 0. The number of hydrogen-bond donors (Lipinski definition) is 1. The van der Waals surface area contributed by atoms with E-state index in [2.05, 4.69) is 34.3 Å². The smallest absolute Gasteiger partial charge is 0.318 e. The molecule has 0 bridgehead atoms. The van der Waals surface area contributed by atoms with Crippen LogP contribution in [0.5, 0.6) is 0 Å². The second-order valence-corrected chi connectivity index (χ2v) is 4.64. The molecule has 2 heterocycles. The Morgan fingerprint density at radius 1 is 1.47 bits per heavy atom. The minimum Gasteiger partial charge on any atom is -0.407 e. The Hall–Kier alpha value is -1.14. The first-order valence-electron chi connectivity index (χ1n) is 6.07. The summed E-state index contributed by atoms with van der Waals surface area (Å²) in [4.78, 5) is 2.07. The highest BCUT2D eigenvalue weighted by Crippen LogP contribution is 2.15. The molecule has 0 amide bonds. The van der Waals surface area contributed by atoms with Crippen LogP contribution in [0, 0.1) is 0 Å². The van der Waals surface area contributed by atoms with Gasteiger partial charge in [0.25, 0.3) is 0 Å². The molecule has 0 saturated carbocycles. The molecule has 0 aliphatic carbocycles. The fourth-order valence-electron chi connectivity index (χ4n) is 1.73. The molecule has 1 aliphatic heterocycles. The number of nitrogens with zero attached hydrogens (tertiary/aromatic N) is 3. The summed E-state index contributed by atoms with van der Waals surface area (Å²) >= 11 is 0. The predicted molar refractivity (Wildman–Crippen MR) is 63.9 cm³/mol. The Morgan fingerprint density at radius 3 is 3.00 bits per heavy atom. The maximum atomic E-state index is 5.61. The quantitative estimate of drug-likeness (QED) is 0.839. The summed E-state index contributed by atoms with van der Waals surface area (Å²) in [5, 5.41) is 11.3. The highest BCUT2D eigenvalue weighted by Gasteiger charge is 2.21. The molecule has 1 saturated heterocycles. The molecule has 17 heavy (non-hydrogen) atoms. The van der Waals surface area contributed by atoms with Crippen LogP contribution in [-0.4, -0.2) is 42.0 Å². The van der Waals surface area contributed by atoms with Gasteiger partial charge in [0.05, 0.1) is 19.3 Å². The van der Waals surface area contributed by atoms with E-state index in [1.807, 2.05) is 6.92 Å². The van der Waals surface area contributed by atoms with Gasteiger partial charge in [-0.1, -0.05) is 18.9 Å². The normalized spacial score (nSPS) is 21.2. The molecule has 96 valence electrons. The van der Waals surface area contributed by atoms with Crippen molar-refractivity contribution in [3.63, 3.8) is 0 Å². The van der Waals surface area contributed by atoms with Crippen LogP contribution in [0.3, 0.4) is 0 Å². The molecule has 1 atom stereocenters. The van der Waals surface area contributed by atoms with Gasteiger partial charge in [0.15, 0.2) is 0 Å². The van der Waals surface area contributed by atoms with Crippen molar-refractivity contribution in [2.75, 3.05) is 24.6 Å². The second-order valence-electron chi connectivity index (χ2n) is 4.64. The number of morpholine rings is 1. The SMILES string of the molecule is CC(C)NCc1nnc(N2CCOC(C)C2)o1. The van der Waals surface area contributed by atoms with E-state index in [9.17, 15) is 0 Å². The maximum absolute atomic E-state index is 5.61. The highest BCUT2D eigenvalue weighted by atomic mass is 16.5. The van der Waals surface area contributed by atoms with Crippen molar-refractivity contribution in [3.05, 3.63) is 5.89 Å². The lowest BCUT2D eigenvalue weighted by Crippen LogP contribution is -2.41. The van der Waals surface area contributed by atoms with Gasteiger partial charge in [-0.15, -0.1) is 5.10 Å². The largest absolute Gasteiger partial charge is 0.407 e. The first-order chi connectivity index (χ1) is 8.15. The molecular formula is C11H20N4O2. The zero-order valence-corrected chi connectivity index (χ0v) is 10.6. The molecule has 1 N–H and O–H groups in total. The molecule has 1 aromatic heterocycles. The molecule has 1 fully saturated rings. The van der Waals surface area contributed by atoms with Crippen LogP contribution in [0.15, 0.2) is 4.42 Å². The zero-order chi connectivity index (χ0) is 12.3. The van der Waals surface area contributed by atoms with Crippen LogP contribution in [0.4, 0.5) is 6.01 Å². The van der Waals surface area contributed by atoms with Crippen LogP contribution >= 0.6 is 0 Å². The van der Waals surface area contributed by atoms with Crippen molar-refractivity contribution in [3.8, 4) is 0 Å². The van der Waals surface area contributed by atoms with Crippen molar-refractivity contribution in [1.29, 1.82) is 0 Å². The number of anilines is 1. The van der Waals surface area contributed by atoms with Crippen molar-refractivity contribution >= 4 is 6.01 Å². The van der Waals surface area contributed by atoms with Gasteiger partial charge in [-0.25, -0.2) is 0 Å². The first-order valence-corrected chi connectivity index (χ1v) is 6.07. The van der Waals surface area contributed by atoms with Gasteiger partial charge in [-0.3, -0.25) is 0 Å². The Bertz CT molecular complexity index is 353. The molecule has 2 rings (SSSR count). The lowest BCUT2D eigenvalue weighted by molar-refractivity contribution is 0.0513. The first kappa shape index (κ1) is 12.3. The number of rotatable bonds is 4. The summed E-state index contributed by atoms with van der Waals surface area (Å²) in [6.07, 6.45) is 0.216. The average molecular weight is 240 g/mol. The third kappa shape index (κ3) is 3.41. The molecular weight excluding hydrogens is 220 g/mol. The summed E-state index contributed by atoms with van der Waals surface area (Å²) in [5.41, 5.74) is 0. The fourth-order valence-corrected chi connectivity index (χ4v) is 1.73. The lowest BCUT2D eigenvalue weighted by atomic mass is 10.3. The Labute approximate surface area is 101 Å². The summed E-state index contributed by atoms with van der Waals surface area (Å²) < 4.78 is 11.1. The summed E-state index contributed by atoms with van der Waals surface area (Å²) in [6.45, 7) is 9.15. The van der Waals surface area contributed by atoms with Gasteiger partial charge in [0, 0.05) is 19.1 Å². The second kappa shape index (κ2) is 5.46. The molecule has 0 spiro atoms. The van der Waals surface area contributed by atoms with Crippen molar-refractivity contribution in [2.45, 2.75) is 39.5 Å². The molecule has 6 nitrogen and oxygen atoms in total. The van der Waals surface area contributed by atoms with E-state index in [1.165, 1.54) is 0 Å². The van der Waals surface area contributed by atoms with E-state index in [1.54, 1.807) is 0 Å². The molecule has 0 radical (unpaired) electrons. The molecule has 1 unspecified atom stereocenters. The van der Waals surface area contributed by atoms with Crippen LogP contribution in [-0.2, 0) is 11.3 Å². The van der Waals surface area contributed by atoms with E-state index in [0.717, 1.165) is 13.1 Å². The van der Waals surface area contributed by atoms with Crippen molar-refractivity contribution in [2.24, 2.45) is 0 Å². The standard InChI is InChI=1S/C11H20N4O2/c1-8(2)12-6-10-13-14-11(17-10)15-4-5-16-9(3)7-15/h8-9,12H,4-7H2,1-3H3. The van der Waals surface area contributed by atoms with E-state index in [-0.39, 0.29) is 6.10 Å². The predicted octanol–water partition coefficient (Wildman–Crippen LogP) is 0.793. The molecule has 0 aromatic carbocycles.